The van der Waals surface area contributed by atoms with Gasteiger partial charge >= 0.3 is 0 Å². The Morgan fingerprint density at radius 3 is 1.15 bits per heavy atom. The highest BCUT2D eigenvalue weighted by atomic mass is 15.1. The van der Waals surface area contributed by atoms with Gasteiger partial charge in [-0.2, -0.15) is 0 Å². The van der Waals surface area contributed by atoms with E-state index < -0.39 is 0 Å². The van der Waals surface area contributed by atoms with Crippen molar-refractivity contribution in [2.45, 2.75) is 32.6 Å². The molecule has 71 heavy (non-hydrogen) atoms. The molecule has 0 saturated carbocycles. The number of benzene rings is 11. The summed E-state index contributed by atoms with van der Waals surface area (Å²) in [6.45, 7) is 6.82. The van der Waals surface area contributed by atoms with Crippen LogP contribution in [0.25, 0.3) is 55.3 Å². The maximum Gasteiger partial charge on any atom is 0.0464 e. The topological polar surface area (TPSA) is 6.48 Å². The molecule has 0 bridgehead atoms. The lowest BCUT2D eigenvalue weighted by Crippen LogP contribution is -2.11. The van der Waals surface area contributed by atoms with Crippen molar-refractivity contribution in [1.82, 2.24) is 0 Å². The Bertz CT molecular complexity index is 3550. The van der Waals surface area contributed by atoms with Gasteiger partial charge < -0.3 is 9.80 Å². The molecule has 2 nitrogen and oxygen atoms in total. The van der Waals surface area contributed by atoms with E-state index in [2.05, 4.69) is 304 Å². The maximum absolute atomic E-state index is 2.38. The Hall–Kier alpha value is -8.72. The average Bonchev–Trinajstić information content (AvgIpc) is 3.42. The fourth-order valence-corrected chi connectivity index (χ4v) is 9.84. The molecule has 0 heterocycles. The van der Waals surface area contributed by atoms with E-state index in [9.17, 15) is 0 Å². The van der Waals surface area contributed by atoms with E-state index in [1.54, 1.807) is 0 Å². The van der Waals surface area contributed by atoms with Crippen molar-refractivity contribution in [2.24, 2.45) is 0 Å². The third kappa shape index (κ3) is 9.79. The molecular weight excluding hydrogens is 857 g/mol. The number of rotatable bonds is 12. The van der Waals surface area contributed by atoms with Crippen molar-refractivity contribution < 1.29 is 0 Å². The van der Waals surface area contributed by atoms with Crippen molar-refractivity contribution in [1.29, 1.82) is 0 Å². The van der Waals surface area contributed by atoms with Crippen molar-refractivity contribution in [3.63, 3.8) is 0 Å². The van der Waals surface area contributed by atoms with Crippen LogP contribution in [-0.4, -0.2) is 0 Å². The molecule has 0 aliphatic rings. The minimum atomic E-state index is 0.0743. The molecule has 0 amide bonds. The number of hydrogen-bond acceptors (Lipinski definition) is 2. The summed E-state index contributed by atoms with van der Waals surface area (Å²) in [4.78, 5) is 4.76. The van der Waals surface area contributed by atoms with Gasteiger partial charge in [-0.05, 0) is 157 Å². The Balaban J connectivity index is 0.933. The molecule has 0 aromatic heterocycles. The predicted molar refractivity (Wildman–Crippen MR) is 303 cm³/mol. The highest BCUT2D eigenvalue weighted by molar-refractivity contribution is 5.97. The summed E-state index contributed by atoms with van der Waals surface area (Å²) in [7, 11) is 0. The van der Waals surface area contributed by atoms with Gasteiger partial charge in [-0.25, -0.2) is 0 Å². The number of anilines is 6. The molecular formula is C69H56N2. The van der Waals surface area contributed by atoms with Gasteiger partial charge in [0.05, 0.1) is 0 Å². The first-order chi connectivity index (χ1) is 34.8. The van der Waals surface area contributed by atoms with Crippen LogP contribution in [0.1, 0.15) is 37.5 Å². The lowest BCUT2D eigenvalue weighted by atomic mass is 9.85. The quantitative estimate of drug-likeness (QED) is 0.120. The van der Waals surface area contributed by atoms with Crippen molar-refractivity contribution in [2.75, 3.05) is 9.80 Å². The average molecular weight is 913 g/mol. The van der Waals surface area contributed by atoms with Gasteiger partial charge in [0.25, 0.3) is 0 Å². The maximum atomic E-state index is 2.38. The van der Waals surface area contributed by atoms with Crippen LogP contribution < -0.4 is 9.80 Å². The monoisotopic (exact) mass is 912 g/mol. The smallest absolute Gasteiger partial charge is 0.0464 e. The molecule has 11 aromatic carbocycles. The van der Waals surface area contributed by atoms with Crippen LogP contribution >= 0.6 is 0 Å². The molecule has 0 saturated heterocycles. The van der Waals surface area contributed by atoms with E-state index in [0.29, 0.717) is 0 Å². The number of hydrogen-bond donors (Lipinski definition) is 0. The van der Waals surface area contributed by atoms with Gasteiger partial charge in [0.15, 0.2) is 0 Å². The fourth-order valence-electron chi connectivity index (χ4n) is 9.84. The Labute approximate surface area is 419 Å². The zero-order valence-electron chi connectivity index (χ0n) is 40.6. The Morgan fingerprint density at radius 1 is 0.282 bits per heavy atom. The van der Waals surface area contributed by atoms with Crippen LogP contribution in [0.3, 0.4) is 0 Å². The van der Waals surface area contributed by atoms with Gasteiger partial charge in [0, 0.05) is 34.1 Å². The molecule has 342 valence electrons. The van der Waals surface area contributed by atoms with Gasteiger partial charge in [-0.1, -0.05) is 221 Å². The number of nitrogens with zero attached hydrogens (tertiary/aromatic N) is 2. The molecule has 0 unspecified atom stereocenters. The fraction of sp³-hybridized carbons (Fsp3) is 0.0725. The second-order valence-corrected chi connectivity index (χ2v) is 19.5. The highest BCUT2D eigenvalue weighted by Crippen LogP contribution is 2.41. The van der Waals surface area contributed by atoms with E-state index in [-0.39, 0.29) is 5.41 Å². The molecule has 0 aliphatic heterocycles. The molecule has 0 radical (unpaired) electrons. The third-order valence-electron chi connectivity index (χ3n) is 13.6. The van der Waals surface area contributed by atoms with E-state index in [1.165, 1.54) is 72.0 Å². The zero-order chi connectivity index (χ0) is 48.2. The summed E-state index contributed by atoms with van der Waals surface area (Å²) in [5.41, 5.74) is 20.2. The molecule has 0 aliphatic carbocycles. The first-order valence-corrected chi connectivity index (χ1v) is 24.7. The van der Waals surface area contributed by atoms with Gasteiger partial charge in [0.1, 0.15) is 0 Å². The Kier molecular flexibility index (Phi) is 12.4. The second kappa shape index (κ2) is 19.7. The predicted octanol–water partition coefficient (Wildman–Crippen LogP) is 19.3. The second-order valence-electron chi connectivity index (χ2n) is 19.5. The van der Waals surface area contributed by atoms with Crippen LogP contribution in [0, 0.1) is 0 Å². The normalized spacial score (nSPS) is 11.4. The first kappa shape index (κ1) is 44.8. The molecule has 0 N–H and O–H groups in total. The molecule has 11 aromatic rings. The summed E-state index contributed by atoms with van der Waals surface area (Å²) >= 11 is 0. The summed E-state index contributed by atoms with van der Waals surface area (Å²) in [5.74, 6) is 0. The molecule has 0 spiro atoms. The lowest BCUT2D eigenvalue weighted by molar-refractivity contribution is 0.590. The largest absolute Gasteiger partial charge is 0.310 e. The van der Waals surface area contributed by atoms with E-state index in [4.69, 9.17) is 0 Å². The van der Waals surface area contributed by atoms with E-state index in [1.807, 2.05) is 0 Å². The van der Waals surface area contributed by atoms with Gasteiger partial charge in [0.2, 0.25) is 0 Å². The minimum Gasteiger partial charge on any atom is -0.310 e. The van der Waals surface area contributed by atoms with Crippen molar-refractivity contribution in [3.05, 3.63) is 290 Å². The summed E-state index contributed by atoms with van der Waals surface area (Å²) in [5, 5.41) is 2.50. The van der Waals surface area contributed by atoms with Gasteiger partial charge in [-0.3, -0.25) is 0 Å². The van der Waals surface area contributed by atoms with E-state index >= 15 is 0 Å². The first-order valence-electron chi connectivity index (χ1n) is 24.7. The van der Waals surface area contributed by atoms with Crippen molar-refractivity contribution in [3.8, 4) is 44.5 Å². The molecule has 0 fully saturated rings. The van der Waals surface area contributed by atoms with Crippen LogP contribution in [-0.2, 0) is 11.8 Å². The Morgan fingerprint density at radius 2 is 0.662 bits per heavy atom. The third-order valence-corrected chi connectivity index (χ3v) is 13.6. The number of fused-ring (bicyclic) bond motifs is 1. The SMILES string of the molecule is CC(C)(C)c1cccc(-c2ccc(N(c3ccc(-c4ccccc4)cc3)c3cccc(Cc4cccc(N(c5ccc(-c6ccccc6)cc5)c5ccc(-c6cccc7ccccc67)cc5)c4)c3)cc2)c1. The summed E-state index contributed by atoms with van der Waals surface area (Å²) in [6.07, 6.45) is 0.770. The zero-order valence-corrected chi connectivity index (χ0v) is 40.6. The van der Waals surface area contributed by atoms with Crippen LogP contribution in [0.15, 0.2) is 273 Å². The lowest BCUT2D eigenvalue weighted by Gasteiger charge is -2.27. The summed E-state index contributed by atoms with van der Waals surface area (Å²) < 4.78 is 0. The van der Waals surface area contributed by atoms with Crippen molar-refractivity contribution >= 4 is 44.9 Å². The van der Waals surface area contributed by atoms with Crippen LogP contribution in [0.2, 0.25) is 0 Å². The molecule has 2 heteroatoms. The minimum absolute atomic E-state index is 0.0743. The molecule has 0 atom stereocenters. The highest BCUT2D eigenvalue weighted by Gasteiger charge is 2.18. The standard InChI is InChI=1S/C69H56N2/c1-69(2,3)60-25-14-24-59(49-60)56-34-42-63(43-35-56)70(61-38-30-54(31-39-61)52-18-6-4-7-19-52)65-26-12-16-50(47-65)46-51-17-13-27-66(48-51)71(62-40-32-55(33-41-62)53-20-8-5-9-21-53)64-44-36-58(37-45-64)68-29-15-23-57-22-10-11-28-67(57)68/h4-45,47-49H,46H2,1-3H3. The van der Waals surface area contributed by atoms with Gasteiger partial charge in [-0.15, -0.1) is 0 Å². The summed E-state index contributed by atoms with van der Waals surface area (Å²) in [6, 6.07) is 99.4. The van der Waals surface area contributed by atoms with E-state index in [0.717, 1.165) is 40.5 Å². The van der Waals surface area contributed by atoms with Crippen LogP contribution in [0.5, 0.6) is 0 Å². The van der Waals surface area contributed by atoms with Crippen LogP contribution in [0.4, 0.5) is 34.1 Å². The molecule has 11 rings (SSSR count).